The number of nitrogens with two attached hydrogens (primary N) is 1. The summed E-state index contributed by atoms with van der Waals surface area (Å²) >= 11 is 0. The van der Waals surface area contributed by atoms with Crippen LogP contribution in [0.1, 0.15) is 87.4 Å². The second-order valence-electron chi connectivity index (χ2n) is 11.8. The number of nitrogens with zero attached hydrogens (tertiary/aromatic N) is 2. The molecule has 3 aliphatic rings. The molecule has 0 fully saturated rings. The Morgan fingerprint density at radius 2 is 1.89 bits per heavy atom. The average molecular weight is 521 g/mol. The average Bonchev–Trinajstić information content (AvgIpc) is 2.87. The van der Waals surface area contributed by atoms with Crippen molar-refractivity contribution in [3.05, 3.63) is 59.2 Å². The third kappa shape index (κ3) is 4.82. The van der Waals surface area contributed by atoms with Gasteiger partial charge in [0.05, 0.1) is 24.2 Å². The molecule has 2 aromatic rings. The first kappa shape index (κ1) is 26.4. The van der Waals surface area contributed by atoms with Crippen LogP contribution in [0, 0.1) is 5.92 Å². The van der Waals surface area contributed by atoms with E-state index in [4.69, 9.17) is 24.9 Å². The summed E-state index contributed by atoms with van der Waals surface area (Å²) in [5.41, 5.74) is 8.42. The monoisotopic (exact) mass is 520 g/mol. The molecule has 4 atom stereocenters. The minimum atomic E-state index is -0.426. The molecule has 204 valence electrons. The molecule has 3 N–H and O–H groups in total. The molecule has 8 nitrogen and oxygen atoms in total. The van der Waals surface area contributed by atoms with Crippen LogP contribution in [0.3, 0.4) is 0 Å². The molecule has 3 aliphatic heterocycles. The highest BCUT2D eigenvalue weighted by molar-refractivity contribution is 5.95. The van der Waals surface area contributed by atoms with Crippen LogP contribution in [0.25, 0.3) is 0 Å². The molecule has 0 saturated carbocycles. The van der Waals surface area contributed by atoms with E-state index in [0.29, 0.717) is 30.5 Å². The van der Waals surface area contributed by atoms with Crippen molar-refractivity contribution in [3.8, 4) is 11.5 Å². The first-order valence-electron chi connectivity index (χ1n) is 13.5. The highest BCUT2D eigenvalue weighted by atomic mass is 16.5. The van der Waals surface area contributed by atoms with Gasteiger partial charge in [0.1, 0.15) is 23.3 Å². The summed E-state index contributed by atoms with van der Waals surface area (Å²) in [6, 6.07) is 13.3. The van der Waals surface area contributed by atoms with Crippen LogP contribution in [0.15, 0.2) is 47.5 Å². The van der Waals surface area contributed by atoms with Gasteiger partial charge in [0.25, 0.3) is 5.91 Å². The Morgan fingerprint density at radius 3 is 2.63 bits per heavy atom. The zero-order chi connectivity index (χ0) is 27.2. The molecule has 1 unspecified atom stereocenters. The van der Waals surface area contributed by atoms with E-state index >= 15 is 0 Å². The fourth-order valence-corrected chi connectivity index (χ4v) is 5.83. The second-order valence-corrected chi connectivity index (χ2v) is 11.8. The van der Waals surface area contributed by atoms with Gasteiger partial charge in [-0.25, -0.2) is 4.99 Å². The largest absolute Gasteiger partial charge is 0.493 e. The first-order chi connectivity index (χ1) is 18.0. The molecule has 0 saturated heterocycles. The lowest BCUT2D eigenvalue weighted by Crippen LogP contribution is -2.57. The van der Waals surface area contributed by atoms with Crippen molar-refractivity contribution in [1.82, 2.24) is 10.2 Å². The number of amides is 1. The van der Waals surface area contributed by atoms with Crippen molar-refractivity contribution >= 4 is 11.9 Å². The summed E-state index contributed by atoms with van der Waals surface area (Å²) in [5, 5.41) is 3.21. The van der Waals surface area contributed by atoms with Crippen LogP contribution < -0.4 is 20.5 Å². The number of nitrogens with one attached hydrogen (secondary N) is 1. The quantitative estimate of drug-likeness (QED) is 0.579. The molecule has 3 heterocycles. The fourth-order valence-electron chi connectivity index (χ4n) is 5.83. The predicted octanol–water partition coefficient (Wildman–Crippen LogP) is 4.95. The van der Waals surface area contributed by atoms with E-state index in [9.17, 15) is 4.79 Å². The standard InChI is InChI=1S/C30H40N4O4/c1-18(2)30(5)17-26(36-6)34(28(31)33-30)23-16-29(3,4)38-25-12-11-19(15-21(23)25)27(35)32-22-13-14-37-24-10-8-7-9-20(22)24/h7-12,15,18,22-23,26H,13-14,16-17H2,1-6H3,(H2,31,33)(H,32,35)/t22-,23+,26?,30-/m0/s1. The molecule has 0 spiro atoms. The van der Waals surface area contributed by atoms with Crippen LogP contribution in [0.5, 0.6) is 11.5 Å². The zero-order valence-corrected chi connectivity index (χ0v) is 23.3. The number of benzene rings is 2. The maximum atomic E-state index is 13.5. The minimum Gasteiger partial charge on any atom is -0.493 e. The van der Waals surface area contributed by atoms with E-state index in [1.807, 2.05) is 42.5 Å². The number of rotatable bonds is 5. The number of methoxy groups -OCH3 is 1. The van der Waals surface area contributed by atoms with Gasteiger partial charge in [-0.15, -0.1) is 0 Å². The van der Waals surface area contributed by atoms with Gasteiger partial charge in [0, 0.05) is 43.1 Å². The smallest absolute Gasteiger partial charge is 0.251 e. The van der Waals surface area contributed by atoms with Gasteiger partial charge in [-0.3, -0.25) is 4.79 Å². The molecule has 2 aromatic carbocycles. The number of fused-ring (bicyclic) bond motifs is 2. The number of carbonyl (C=O) groups is 1. The number of ether oxygens (including phenoxy) is 3. The molecular formula is C30H40N4O4. The summed E-state index contributed by atoms with van der Waals surface area (Å²) in [5.74, 6) is 2.21. The van der Waals surface area contributed by atoms with Gasteiger partial charge in [-0.2, -0.15) is 0 Å². The number of aliphatic imine (C=N–C) groups is 1. The van der Waals surface area contributed by atoms with E-state index in [1.54, 1.807) is 7.11 Å². The van der Waals surface area contributed by atoms with Crippen LogP contribution in [0.2, 0.25) is 0 Å². The summed E-state index contributed by atoms with van der Waals surface area (Å²) in [4.78, 5) is 20.5. The van der Waals surface area contributed by atoms with Crippen molar-refractivity contribution in [3.63, 3.8) is 0 Å². The summed E-state index contributed by atoms with van der Waals surface area (Å²) in [6.45, 7) is 11.2. The van der Waals surface area contributed by atoms with E-state index in [0.717, 1.165) is 35.5 Å². The van der Waals surface area contributed by atoms with Crippen molar-refractivity contribution in [2.45, 2.75) is 83.3 Å². The Morgan fingerprint density at radius 1 is 1.13 bits per heavy atom. The molecule has 0 bridgehead atoms. The third-order valence-corrected chi connectivity index (χ3v) is 8.35. The van der Waals surface area contributed by atoms with E-state index in [2.05, 4.69) is 44.8 Å². The number of hydrogen-bond donors (Lipinski definition) is 2. The van der Waals surface area contributed by atoms with Gasteiger partial charge in [0.2, 0.25) is 0 Å². The Hall–Kier alpha value is -3.26. The molecular weight excluding hydrogens is 480 g/mol. The third-order valence-electron chi connectivity index (χ3n) is 8.35. The van der Waals surface area contributed by atoms with Crippen LogP contribution >= 0.6 is 0 Å². The summed E-state index contributed by atoms with van der Waals surface area (Å²) in [6.07, 6.45) is 1.87. The minimum absolute atomic E-state index is 0.106. The van der Waals surface area contributed by atoms with Gasteiger partial charge in [0.15, 0.2) is 5.96 Å². The number of hydrogen-bond acceptors (Lipinski definition) is 7. The van der Waals surface area contributed by atoms with Gasteiger partial charge in [-0.1, -0.05) is 32.0 Å². The molecule has 0 aliphatic carbocycles. The van der Waals surface area contributed by atoms with Crippen molar-refractivity contribution < 1.29 is 19.0 Å². The molecule has 5 rings (SSSR count). The normalized spacial score (nSPS) is 27.9. The highest BCUT2D eigenvalue weighted by Gasteiger charge is 2.46. The van der Waals surface area contributed by atoms with E-state index < -0.39 is 5.60 Å². The van der Waals surface area contributed by atoms with Crippen molar-refractivity contribution in [2.75, 3.05) is 13.7 Å². The Labute approximate surface area is 225 Å². The van der Waals surface area contributed by atoms with Crippen molar-refractivity contribution in [2.24, 2.45) is 16.6 Å². The topological polar surface area (TPSA) is 98.4 Å². The van der Waals surface area contributed by atoms with Gasteiger partial charge < -0.3 is 30.2 Å². The number of para-hydroxylation sites is 1. The number of carbonyl (C=O) groups excluding carboxylic acids is 1. The Kier molecular flexibility index (Phi) is 6.80. The van der Waals surface area contributed by atoms with Crippen LogP contribution in [-0.2, 0) is 4.74 Å². The second kappa shape index (κ2) is 9.80. The number of guanidine groups is 1. The SMILES string of the molecule is COC1C[C@@](C)(C(C)C)N=C(N)N1[C@@H]1CC(C)(C)Oc2ccc(C(=O)N[C@H]3CCOc4ccccc43)cc21. The molecule has 38 heavy (non-hydrogen) atoms. The Bertz CT molecular complexity index is 1240. The van der Waals surface area contributed by atoms with Crippen LogP contribution in [0.4, 0.5) is 0 Å². The fraction of sp³-hybridized carbons (Fsp3) is 0.533. The summed E-state index contributed by atoms with van der Waals surface area (Å²) in [7, 11) is 1.72. The lowest BCUT2D eigenvalue weighted by molar-refractivity contribution is -0.0650. The molecule has 0 radical (unpaired) electrons. The van der Waals surface area contributed by atoms with Crippen molar-refractivity contribution in [1.29, 1.82) is 0 Å². The van der Waals surface area contributed by atoms with Gasteiger partial charge in [-0.05, 0) is 51.0 Å². The molecule has 0 aromatic heterocycles. The van der Waals surface area contributed by atoms with Crippen LogP contribution in [-0.4, -0.2) is 47.9 Å². The Balaban J connectivity index is 1.48. The van der Waals surface area contributed by atoms with E-state index in [1.165, 1.54) is 0 Å². The molecule has 8 heteroatoms. The first-order valence-corrected chi connectivity index (χ1v) is 13.5. The maximum absolute atomic E-state index is 13.5. The summed E-state index contributed by atoms with van der Waals surface area (Å²) < 4.78 is 18.1. The highest BCUT2D eigenvalue weighted by Crippen LogP contribution is 2.46. The lowest BCUT2D eigenvalue weighted by atomic mass is 9.82. The zero-order valence-electron chi connectivity index (χ0n) is 23.3. The van der Waals surface area contributed by atoms with Gasteiger partial charge >= 0.3 is 0 Å². The lowest BCUT2D eigenvalue weighted by Gasteiger charge is -2.50. The van der Waals surface area contributed by atoms with E-state index in [-0.39, 0.29) is 29.8 Å². The molecule has 1 amide bonds. The predicted molar refractivity (Wildman–Crippen MR) is 147 cm³/mol. The maximum Gasteiger partial charge on any atom is 0.251 e.